The first-order valence-corrected chi connectivity index (χ1v) is 26.6. The molecule has 5 saturated carbocycles. The van der Waals surface area contributed by atoms with Crippen LogP contribution in [0.1, 0.15) is 113 Å². The maximum atomic E-state index is 2.55. The topological polar surface area (TPSA) is 6.48 Å². The Hall–Kier alpha value is -6.64. The van der Waals surface area contributed by atoms with Gasteiger partial charge in [0.15, 0.2) is 0 Å². The summed E-state index contributed by atoms with van der Waals surface area (Å²) in [5.41, 5.74) is 19.9. The van der Waals surface area contributed by atoms with Crippen molar-refractivity contribution in [3.63, 3.8) is 0 Å². The third-order valence-electron chi connectivity index (χ3n) is 18.4. The molecule has 5 fully saturated rings. The van der Waals surface area contributed by atoms with Crippen LogP contribution in [0.25, 0.3) is 22.3 Å². The minimum Gasteiger partial charge on any atom is -0.311 e. The summed E-state index contributed by atoms with van der Waals surface area (Å²) in [6.45, 7) is 7.36. The lowest BCUT2D eigenvalue weighted by atomic mass is 9.48. The second kappa shape index (κ2) is 17.0. The van der Waals surface area contributed by atoms with Gasteiger partial charge in [0.2, 0.25) is 0 Å². The van der Waals surface area contributed by atoms with Crippen LogP contribution in [0.4, 0.5) is 34.1 Å². The molecule has 4 bridgehead atoms. The number of anilines is 6. The van der Waals surface area contributed by atoms with E-state index in [0.29, 0.717) is 11.3 Å². The van der Waals surface area contributed by atoms with Crippen LogP contribution in [0, 0.1) is 23.7 Å². The summed E-state index contributed by atoms with van der Waals surface area (Å²) in [5.74, 6) is 3.28. The minimum atomic E-state index is -0.151. The molecule has 2 unspecified atom stereocenters. The van der Waals surface area contributed by atoms with Crippen molar-refractivity contribution >= 4 is 34.1 Å². The van der Waals surface area contributed by atoms with Crippen LogP contribution >= 0.6 is 0 Å². The zero-order chi connectivity index (χ0) is 47.0. The van der Waals surface area contributed by atoms with Crippen molar-refractivity contribution in [2.75, 3.05) is 9.80 Å². The van der Waals surface area contributed by atoms with Crippen molar-refractivity contribution in [2.45, 2.75) is 101 Å². The smallest absolute Gasteiger partial charge is 0.0465 e. The van der Waals surface area contributed by atoms with E-state index in [1.54, 1.807) is 5.56 Å². The molecule has 0 spiro atoms. The first-order valence-electron chi connectivity index (χ1n) is 26.6. The lowest BCUT2D eigenvalue weighted by Crippen LogP contribution is -2.48. The first-order chi connectivity index (χ1) is 34.3. The summed E-state index contributed by atoms with van der Waals surface area (Å²) < 4.78 is 0. The van der Waals surface area contributed by atoms with Crippen LogP contribution in [-0.4, -0.2) is 0 Å². The van der Waals surface area contributed by atoms with Crippen molar-refractivity contribution < 1.29 is 0 Å². The van der Waals surface area contributed by atoms with Gasteiger partial charge in [-0.3, -0.25) is 0 Å². The zero-order valence-corrected chi connectivity index (χ0v) is 41.3. The molecule has 2 heteroatoms. The molecule has 348 valence electrons. The van der Waals surface area contributed by atoms with Crippen molar-refractivity contribution in [1.82, 2.24) is 0 Å². The Morgan fingerprint density at radius 2 is 0.886 bits per heavy atom. The maximum absolute atomic E-state index is 2.55. The molecule has 0 amide bonds. The standard InChI is InChI=1S/C68H66N2/c1-47-16-13-14-39-68(47,53-27-33-57(34-28-53)69(55-19-9-5-10-20-55)56-21-11-6-12-22-56)54-29-35-59(36-30-54)70(58-31-25-52(26-32-58)67-44-48-40-49(45-67)42-50(41-48)46-67)60-37-38-62-64(43-60)66(2,3)63-24-15-23-61(65(62)63)51-17-7-4-8-18-51/h4-12,15,17-38,43,47-50H,13-14,16,39-42,44-46H2,1-3H3. The molecule has 0 aliphatic heterocycles. The van der Waals surface area contributed by atoms with E-state index < -0.39 is 0 Å². The summed E-state index contributed by atoms with van der Waals surface area (Å²) in [6, 6.07) is 76.2. The van der Waals surface area contributed by atoms with Gasteiger partial charge in [0, 0.05) is 45.0 Å². The lowest BCUT2D eigenvalue weighted by Gasteiger charge is -2.57. The number of hydrogen-bond acceptors (Lipinski definition) is 2. The van der Waals surface area contributed by atoms with E-state index in [4.69, 9.17) is 0 Å². The van der Waals surface area contributed by atoms with Gasteiger partial charge < -0.3 is 9.80 Å². The van der Waals surface area contributed by atoms with Crippen LogP contribution in [0.2, 0.25) is 0 Å². The molecule has 0 aromatic heterocycles. The average Bonchev–Trinajstić information content (AvgIpc) is 3.63. The SMILES string of the molecule is CC1CCCCC1(c1ccc(N(c2ccccc2)c2ccccc2)cc1)c1ccc(N(c2ccc(C34CC5CC(CC(C5)C3)C4)cc2)c2ccc3c(c2)C(C)(C)c2cccc(-c4ccccc4)c2-3)cc1. The van der Waals surface area contributed by atoms with Gasteiger partial charge in [-0.05, 0) is 203 Å². The van der Waals surface area contributed by atoms with Gasteiger partial charge in [-0.1, -0.05) is 161 Å². The van der Waals surface area contributed by atoms with Gasteiger partial charge in [-0.2, -0.15) is 0 Å². The zero-order valence-electron chi connectivity index (χ0n) is 41.3. The second-order valence-corrected chi connectivity index (χ2v) is 22.7. The van der Waals surface area contributed by atoms with E-state index in [-0.39, 0.29) is 10.8 Å². The van der Waals surface area contributed by atoms with Gasteiger partial charge >= 0.3 is 0 Å². The van der Waals surface area contributed by atoms with E-state index in [9.17, 15) is 0 Å². The van der Waals surface area contributed by atoms with E-state index in [1.165, 1.54) is 125 Å². The quantitative estimate of drug-likeness (QED) is 0.135. The number of para-hydroxylation sites is 2. The third kappa shape index (κ3) is 7.11. The fraction of sp³-hybridized carbons (Fsp3) is 0.294. The molecule has 0 radical (unpaired) electrons. The first kappa shape index (κ1) is 43.4. The third-order valence-corrected chi connectivity index (χ3v) is 18.4. The van der Waals surface area contributed by atoms with Gasteiger partial charge in [-0.25, -0.2) is 0 Å². The Morgan fingerprint density at radius 1 is 0.414 bits per heavy atom. The van der Waals surface area contributed by atoms with Crippen LogP contribution < -0.4 is 9.80 Å². The van der Waals surface area contributed by atoms with Crippen LogP contribution in [0.5, 0.6) is 0 Å². The molecule has 0 saturated heterocycles. The van der Waals surface area contributed by atoms with Crippen LogP contribution in [-0.2, 0) is 16.2 Å². The van der Waals surface area contributed by atoms with Crippen molar-refractivity contribution in [3.05, 3.63) is 228 Å². The summed E-state index contributed by atoms with van der Waals surface area (Å²) in [6.07, 6.45) is 13.5. The molecule has 0 N–H and O–H groups in total. The Morgan fingerprint density at radius 3 is 1.41 bits per heavy atom. The number of rotatable bonds is 10. The van der Waals surface area contributed by atoms with Gasteiger partial charge in [0.1, 0.15) is 0 Å². The highest BCUT2D eigenvalue weighted by Crippen LogP contribution is 2.61. The Kier molecular flexibility index (Phi) is 10.6. The van der Waals surface area contributed by atoms with Gasteiger partial charge in [0.05, 0.1) is 0 Å². The molecule has 6 aliphatic rings. The van der Waals surface area contributed by atoms with E-state index in [1.807, 2.05) is 0 Å². The largest absolute Gasteiger partial charge is 0.311 e. The summed E-state index contributed by atoms with van der Waals surface area (Å²) >= 11 is 0. The number of fused-ring (bicyclic) bond motifs is 3. The highest BCUT2D eigenvalue weighted by Gasteiger charge is 2.51. The molecule has 8 aromatic rings. The Labute approximate surface area is 417 Å². The van der Waals surface area contributed by atoms with Crippen molar-refractivity contribution in [2.24, 2.45) is 23.7 Å². The fourth-order valence-electron chi connectivity index (χ4n) is 15.4. The Bertz CT molecular complexity index is 3080. The summed E-state index contributed by atoms with van der Waals surface area (Å²) in [7, 11) is 0. The highest BCUT2D eigenvalue weighted by molar-refractivity contribution is 5.94. The minimum absolute atomic E-state index is 0.0796. The molecule has 2 atom stereocenters. The van der Waals surface area contributed by atoms with Gasteiger partial charge in [0.25, 0.3) is 0 Å². The molecular formula is C68H66N2. The molecule has 2 nitrogen and oxygen atoms in total. The van der Waals surface area contributed by atoms with Crippen LogP contribution in [0.15, 0.2) is 200 Å². The fourth-order valence-corrected chi connectivity index (χ4v) is 15.4. The van der Waals surface area contributed by atoms with Crippen molar-refractivity contribution in [3.8, 4) is 22.3 Å². The molecule has 6 aliphatic carbocycles. The van der Waals surface area contributed by atoms with Crippen LogP contribution in [0.3, 0.4) is 0 Å². The summed E-state index contributed by atoms with van der Waals surface area (Å²) in [4.78, 5) is 4.93. The number of hydrogen-bond donors (Lipinski definition) is 0. The molecule has 8 aromatic carbocycles. The summed E-state index contributed by atoms with van der Waals surface area (Å²) in [5, 5.41) is 0. The molecule has 70 heavy (non-hydrogen) atoms. The Balaban J connectivity index is 0.898. The average molecular weight is 911 g/mol. The van der Waals surface area contributed by atoms with E-state index in [0.717, 1.165) is 35.5 Å². The second-order valence-electron chi connectivity index (χ2n) is 22.7. The molecule has 14 rings (SSSR count). The monoisotopic (exact) mass is 911 g/mol. The van der Waals surface area contributed by atoms with E-state index in [2.05, 4.69) is 231 Å². The predicted octanol–water partition coefficient (Wildman–Crippen LogP) is 18.6. The van der Waals surface area contributed by atoms with E-state index >= 15 is 0 Å². The normalized spacial score (nSPS) is 24.7. The molecular weight excluding hydrogens is 845 g/mol. The predicted molar refractivity (Wildman–Crippen MR) is 294 cm³/mol. The maximum Gasteiger partial charge on any atom is 0.0465 e. The van der Waals surface area contributed by atoms with Crippen molar-refractivity contribution in [1.29, 1.82) is 0 Å². The lowest BCUT2D eigenvalue weighted by molar-refractivity contribution is -0.00518. The van der Waals surface area contributed by atoms with Gasteiger partial charge in [-0.15, -0.1) is 0 Å². The number of nitrogens with zero attached hydrogens (tertiary/aromatic N) is 2. The highest BCUT2D eigenvalue weighted by atomic mass is 15.1. The molecule has 0 heterocycles. The number of benzene rings is 8.